The number of fused-ring (bicyclic) bond motifs is 10. The molecule has 294 valence electrons. The monoisotopic (exact) mass is 819 g/mol. The molecule has 0 fully saturated rings. The van der Waals surface area contributed by atoms with Gasteiger partial charge in [0.05, 0.1) is 11.4 Å². The Morgan fingerprint density at radius 3 is 1.75 bits per heavy atom. The summed E-state index contributed by atoms with van der Waals surface area (Å²) in [6.07, 6.45) is 0. The number of rotatable bonds is 6. The van der Waals surface area contributed by atoms with Crippen LogP contribution in [0.5, 0.6) is 0 Å². The van der Waals surface area contributed by atoms with E-state index in [2.05, 4.69) is 223 Å². The Labute approximate surface area is 368 Å². The Hall–Kier alpha value is -7.98. The zero-order valence-electron chi connectivity index (χ0n) is 34.1. The van der Waals surface area contributed by atoms with Gasteiger partial charge in [-0.05, 0) is 74.0 Å². The largest absolute Gasteiger partial charge is 0.455 e. The predicted octanol–water partition coefficient (Wildman–Crippen LogP) is 17.9. The number of anilines is 3. The molecule has 2 heterocycles. The summed E-state index contributed by atoms with van der Waals surface area (Å²) >= 11 is 1.87. The normalized spacial score (nSPS) is 11.8. The number of para-hydroxylation sites is 3. The van der Waals surface area contributed by atoms with Crippen LogP contribution in [-0.4, -0.2) is 0 Å². The highest BCUT2D eigenvalue weighted by atomic mass is 32.1. The summed E-state index contributed by atoms with van der Waals surface area (Å²) in [5, 5.41) is 12.1. The van der Waals surface area contributed by atoms with Gasteiger partial charge < -0.3 is 9.32 Å². The first-order valence-corrected chi connectivity index (χ1v) is 22.3. The van der Waals surface area contributed by atoms with Crippen molar-refractivity contribution < 1.29 is 4.42 Å². The number of hydrogen-bond donors (Lipinski definition) is 0. The Morgan fingerprint density at radius 2 is 0.905 bits per heavy atom. The first-order chi connectivity index (χ1) is 31.3. The molecular weight excluding hydrogens is 783 g/mol. The van der Waals surface area contributed by atoms with Crippen molar-refractivity contribution in [2.45, 2.75) is 0 Å². The number of benzene rings is 11. The third-order valence-corrected chi connectivity index (χ3v) is 14.1. The lowest BCUT2D eigenvalue weighted by Gasteiger charge is -2.32. The van der Waals surface area contributed by atoms with Gasteiger partial charge in [0.15, 0.2) is 0 Å². The molecule has 0 N–H and O–H groups in total. The van der Waals surface area contributed by atoms with E-state index in [4.69, 9.17) is 4.42 Å². The molecular formula is C60H37NOS. The molecule has 13 aromatic rings. The molecule has 63 heavy (non-hydrogen) atoms. The van der Waals surface area contributed by atoms with Crippen molar-refractivity contribution in [1.29, 1.82) is 0 Å². The maximum Gasteiger partial charge on any atom is 0.143 e. The van der Waals surface area contributed by atoms with Gasteiger partial charge in [-0.25, -0.2) is 0 Å². The van der Waals surface area contributed by atoms with E-state index in [-0.39, 0.29) is 0 Å². The highest BCUT2D eigenvalue weighted by Gasteiger charge is 2.27. The van der Waals surface area contributed by atoms with Crippen LogP contribution in [0.15, 0.2) is 229 Å². The number of furan rings is 1. The second-order valence-corrected chi connectivity index (χ2v) is 17.4. The van der Waals surface area contributed by atoms with Gasteiger partial charge >= 0.3 is 0 Å². The van der Waals surface area contributed by atoms with Gasteiger partial charge in [-0.2, -0.15) is 0 Å². The van der Waals surface area contributed by atoms with Crippen molar-refractivity contribution in [1.82, 2.24) is 0 Å². The zero-order valence-corrected chi connectivity index (χ0v) is 34.9. The summed E-state index contributed by atoms with van der Waals surface area (Å²) in [5.41, 5.74) is 12.0. The molecule has 2 nitrogen and oxygen atoms in total. The summed E-state index contributed by atoms with van der Waals surface area (Å²) in [7, 11) is 0. The van der Waals surface area contributed by atoms with Crippen LogP contribution in [0.2, 0.25) is 0 Å². The lowest BCUT2D eigenvalue weighted by molar-refractivity contribution is 0.670. The third kappa shape index (κ3) is 5.57. The Kier molecular flexibility index (Phi) is 8.12. The van der Waals surface area contributed by atoms with Crippen molar-refractivity contribution in [2.24, 2.45) is 0 Å². The molecule has 0 aliphatic rings. The van der Waals surface area contributed by atoms with Crippen LogP contribution < -0.4 is 4.90 Å². The molecule has 3 heteroatoms. The van der Waals surface area contributed by atoms with E-state index < -0.39 is 0 Å². The third-order valence-electron chi connectivity index (χ3n) is 12.9. The van der Waals surface area contributed by atoms with Crippen molar-refractivity contribution in [3.05, 3.63) is 224 Å². The Balaban J connectivity index is 1.13. The fourth-order valence-electron chi connectivity index (χ4n) is 10.1. The quantitative estimate of drug-likeness (QED) is 0.155. The second-order valence-electron chi connectivity index (χ2n) is 16.3. The van der Waals surface area contributed by atoms with Crippen molar-refractivity contribution >= 4 is 103 Å². The van der Waals surface area contributed by atoms with E-state index in [0.29, 0.717) is 0 Å². The summed E-state index contributed by atoms with van der Waals surface area (Å²) in [5.74, 6) is 0. The Bertz CT molecular complexity index is 3920. The van der Waals surface area contributed by atoms with Crippen molar-refractivity contribution in [2.75, 3.05) is 4.90 Å². The van der Waals surface area contributed by atoms with Crippen LogP contribution in [0.3, 0.4) is 0 Å². The topological polar surface area (TPSA) is 16.4 Å². The fourth-order valence-corrected chi connectivity index (χ4v) is 11.3. The van der Waals surface area contributed by atoms with E-state index in [1.54, 1.807) is 0 Å². The van der Waals surface area contributed by atoms with Crippen LogP contribution in [-0.2, 0) is 0 Å². The van der Waals surface area contributed by atoms with Gasteiger partial charge in [0.25, 0.3) is 0 Å². The molecule has 0 spiro atoms. The summed E-state index contributed by atoms with van der Waals surface area (Å²) in [4.78, 5) is 2.52. The van der Waals surface area contributed by atoms with Crippen LogP contribution >= 0.6 is 11.3 Å². The molecule has 0 aliphatic carbocycles. The standard InChI is InChI=1S/C60H37NOS/c1-2-18-41-38(16-1)17-13-27-48(41)57-49-24-5-3-19-43(49)44-20-4-6-25-50(44)58(57)61(40-36-34-39(35-37-40)42-26-14-30-53-47-23-9-12-33-56(47)63-60(42)53)54-31-10-7-21-45(54)51-28-15-29-52-46-22-8-11-32-55(46)62-59(51)52/h1-37H. The molecule has 0 unspecified atom stereocenters. The average Bonchev–Trinajstić information content (AvgIpc) is 3.93. The smallest absolute Gasteiger partial charge is 0.143 e. The van der Waals surface area contributed by atoms with E-state index in [1.807, 2.05) is 17.4 Å². The maximum absolute atomic E-state index is 6.76. The summed E-state index contributed by atoms with van der Waals surface area (Å²) in [6, 6.07) is 81.8. The molecule has 2 aromatic heterocycles. The van der Waals surface area contributed by atoms with Crippen LogP contribution in [0.4, 0.5) is 17.1 Å². The van der Waals surface area contributed by atoms with E-state index in [0.717, 1.165) is 50.1 Å². The maximum atomic E-state index is 6.76. The highest BCUT2D eigenvalue weighted by molar-refractivity contribution is 7.26. The molecule has 11 aromatic carbocycles. The average molecular weight is 820 g/mol. The van der Waals surface area contributed by atoms with Crippen LogP contribution in [0.25, 0.3) is 108 Å². The molecule has 0 atom stereocenters. The second kappa shape index (κ2) is 14.3. The van der Waals surface area contributed by atoms with Crippen LogP contribution in [0, 0.1) is 0 Å². The van der Waals surface area contributed by atoms with E-state index in [9.17, 15) is 0 Å². The number of hydrogen-bond acceptors (Lipinski definition) is 3. The highest BCUT2D eigenvalue weighted by Crippen LogP contribution is 2.53. The molecule has 13 rings (SSSR count). The van der Waals surface area contributed by atoms with Gasteiger partial charge in [-0.1, -0.05) is 194 Å². The van der Waals surface area contributed by atoms with Gasteiger partial charge in [0, 0.05) is 58.7 Å². The van der Waals surface area contributed by atoms with Gasteiger partial charge in [0.1, 0.15) is 11.2 Å². The van der Waals surface area contributed by atoms with Crippen molar-refractivity contribution in [3.63, 3.8) is 0 Å². The van der Waals surface area contributed by atoms with E-state index >= 15 is 0 Å². The van der Waals surface area contributed by atoms with Crippen molar-refractivity contribution in [3.8, 4) is 33.4 Å². The molecule has 0 amide bonds. The molecule has 0 saturated carbocycles. The minimum atomic E-state index is 0.885. The zero-order chi connectivity index (χ0) is 41.4. The minimum absolute atomic E-state index is 0.885. The minimum Gasteiger partial charge on any atom is -0.455 e. The first kappa shape index (κ1) is 35.7. The molecule has 0 aliphatic heterocycles. The fraction of sp³-hybridized carbons (Fsp3) is 0. The lowest BCUT2D eigenvalue weighted by Crippen LogP contribution is -2.13. The Morgan fingerprint density at radius 1 is 0.349 bits per heavy atom. The van der Waals surface area contributed by atoms with Gasteiger partial charge in [-0.3, -0.25) is 0 Å². The predicted molar refractivity (Wildman–Crippen MR) is 270 cm³/mol. The van der Waals surface area contributed by atoms with Crippen LogP contribution in [0.1, 0.15) is 0 Å². The number of thiophene rings is 1. The number of nitrogens with zero attached hydrogens (tertiary/aromatic N) is 1. The summed E-state index contributed by atoms with van der Waals surface area (Å²) in [6.45, 7) is 0. The van der Waals surface area contributed by atoms with Gasteiger partial charge in [0.2, 0.25) is 0 Å². The first-order valence-electron chi connectivity index (χ1n) is 21.5. The molecule has 0 bridgehead atoms. The van der Waals surface area contributed by atoms with Gasteiger partial charge in [-0.15, -0.1) is 11.3 Å². The SMILES string of the molecule is c1ccc(N(c2ccc(-c3cccc4c3sc3ccccc34)cc2)c2c(-c3cccc4ccccc34)c3ccccc3c3ccccc23)c(-c2cccc3c2oc2ccccc23)c1. The van der Waals surface area contributed by atoms with E-state index in [1.165, 1.54) is 74.7 Å². The molecule has 0 radical (unpaired) electrons. The molecule has 0 saturated heterocycles. The lowest BCUT2D eigenvalue weighted by atomic mass is 9.87. The summed E-state index contributed by atoms with van der Waals surface area (Å²) < 4.78 is 9.38.